The molecule has 0 fully saturated rings. The van der Waals surface area contributed by atoms with E-state index in [0.717, 1.165) is 16.1 Å². The van der Waals surface area contributed by atoms with Crippen molar-refractivity contribution in [3.8, 4) is 10.6 Å². The number of rotatable bonds is 6. The molecule has 128 valence electrons. The van der Waals surface area contributed by atoms with Crippen LogP contribution in [-0.2, 0) is 0 Å². The summed E-state index contributed by atoms with van der Waals surface area (Å²) in [7, 11) is 1.77. The average molecular weight is 353 g/mol. The van der Waals surface area contributed by atoms with Gasteiger partial charge in [0.1, 0.15) is 0 Å². The fourth-order valence-corrected chi connectivity index (χ4v) is 3.21. The molecule has 0 spiro atoms. The lowest BCUT2D eigenvalue weighted by molar-refractivity contribution is 0.0955. The van der Waals surface area contributed by atoms with Crippen LogP contribution in [0.15, 0.2) is 54.7 Å². The van der Waals surface area contributed by atoms with Crippen molar-refractivity contribution in [3.05, 3.63) is 65.2 Å². The van der Waals surface area contributed by atoms with E-state index in [0.29, 0.717) is 17.4 Å². The maximum Gasteiger partial charge on any atom is 0.261 e. The molecule has 1 amide bonds. The first-order chi connectivity index (χ1) is 12.2. The lowest BCUT2D eigenvalue weighted by Crippen LogP contribution is -2.31. The second-order valence-electron chi connectivity index (χ2n) is 5.41. The fourth-order valence-electron chi connectivity index (χ4n) is 2.32. The zero-order chi connectivity index (χ0) is 17.6. The molecule has 0 unspecified atom stereocenters. The molecular formula is C18H19N5OS. The van der Waals surface area contributed by atoms with Crippen LogP contribution in [0, 0.1) is 0 Å². The van der Waals surface area contributed by atoms with E-state index >= 15 is 0 Å². The van der Waals surface area contributed by atoms with Gasteiger partial charge in [0.25, 0.3) is 5.91 Å². The number of hydrogen-bond donors (Lipinski definition) is 3. The third kappa shape index (κ3) is 4.20. The Labute approximate surface area is 150 Å². The number of carbonyl (C=O) groups excluding carboxylic acids is 1. The van der Waals surface area contributed by atoms with Gasteiger partial charge in [0.05, 0.1) is 15.4 Å². The molecule has 0 aliphatic carbocycles. The first-order valence-electron chi connectivity index (χ1n) is 7.87. The Hall–Kier alpha value is -2.77. The smallest absolute Gasteiger partial charge is 0.261 e. The topological polar surface area (TPSA) is 92.9 Å². The van der Waals surface area contributed by atoms with Crippen molar-refractivity contribution in [2.24, 2.45) is 5.73 Å². The average Bonchev–Trinajstić information content (AvgIpc) is 3.17. The Morgan fingerprint density at radius 2 is 2.00 bits per heavy atom. The Balaban J connectivity index is 1.64. The van der Waals surface area contributed by atoms with Crippen molar-refractivity contribution in [1.29, 1.82) is 0 Å². The van der Waals surface area contributed by atoms with E-state index in [1.54, 1.807) is 19.3 Å². The highest BCUT2D eigenvalue weighted by Gasteiger charge is 2.13. The first kappa shape index (κ1) is 17.1. The van der Waals surface area contributed by atoms with Crippen molar-refractivity contribution < 1.29 is 4.79 Å². The van der Waals surface area contributed by atoms with Gasteiger partial charge in [0.2, 0.25) is 5.95 Å². The summed E-state index contributed by atoms with van der Waals surface area (Å²) < 4.78 is 0. The van der Waals surface area contributed by atoms with E-state index < -0.39 is 0 Å². The molecule has 0 aliphatic rings. The van der Waals surface area contributed by atoms with Crippen LogP contribution in [-0.4, -0.2) is 29.5 Å². The highest BCUT2D eigenvalue weighted by atomic mass is 32.1. The molecule has 4 N–H and O–H groups in total. The van der Waals surface area contributed by atoms with Crippen molar-refractivity contribution >= 4 is 23.2 Å². The third-order valence-electron chi connectivity index (χ3n) is 3.67. The van der Waals surface area contributed by atoms with Crippen LogP contribution >= 0.6 is 11.3 Å². The molecule has 0 bridgehead atoms. The van der Waals surface area contributed by atoms with Gasteiger partial charge in [-0.2, -0.15) is 0 Å². The first-order valence-corrected chi connectivity index (χ1v) is 8.69. The molecule has 0 saturated carbocycles. The van der Waals surface area contributed by atoms with Crippen molar-refractivity contribution in [1.82, 2.24) is 15.3 Å². The molecule has 6 nitrogen and oxygen atoms in total. The van der Waals surface area contributed by atoms with Gasteiger partial charge < -0.3 is 16.4 Å². The predicted octanol–water partition coefficient (Wildman–Crippen LogP) is 2.68. The Morgan fingerprint density at radius 1 is 1.20 bits per heavy atom. The minimum Gasteiger partial charge on any atom is -0.357 e. The SMILES string of the molecule is CNc1nccc(-c2ccc(C(=O)NC[C@H](N)c3ccccc3)s2)n1. The number of aromatic nitrogens is 2. The zero-order valence-corrected chi connectivity index (χ0v) is 14.6. The van der Waals surface area contributed by atoms with Crippen LogP contribution < -0.4 is 16.4 Å². The number of thiophene rings is 1. The summed E-state index contributed by atoms with van der Waals surface area (Å²) in [5.41, 5.74) is 7.89. The molecule has 1 atom stereocenters. The number of carbonyl (C=O) groups is 1. The predicted molar refractivity (Wildman–Crippen MR) is 101 cm³/mol. The van der Waals surface area contributed by atoms with Gasteiger partial charge in [-0.3, -0.25) is 4.79 Å². The lowest BCUT2D eigenvalue weighted by atomic mass is 10.1. The molecule has 0 saturated heterocycles. The van der Waals surface area contributed by atoms with E-state index in [4.69, 9.17) is 5.73 Å². The Kier molecular flexibility index (Phi) is 5.37. The fraction of sp³-hybridized carbons (Fsp3) is 0.167. The van der Waals surface area contributed by atoms with Crippen LogP contribution in [0.4, 0.5) is 5.95 Å². The summed E-state index contributed by atoms with van der Waals surface area (Å²) >= 11 is 1.39. The summed E-state index contributed by atoms with van der Waals surface area (Å²) in [5, 5.41) is 5.79. The summed E-state index contributed by atoms with van der Waals surface area (Å²) in [6.45, 7) is 0.382. The van der Waals surface area contributed by atoms with E-state index in [-0.39, 0.29) is 11.9 Å². The Bertz CT molecular complexity index is 849. The van der Waals surface area contributed by atoms with E-state index in [1.807, 2.05) is 42.5 Å². The van der Waals surface area contributed by atoms with E-state index in [9.17, 15) is 4.79 Å². The Morgan fingerprint density at radius 3 is 2.76 bits per heavy atom. The summed E-state index contributed by atoms with van der Waals surface area (Å²) in [4.78, 5) is 22.4. The van der Waals surface area contributed by atoms with Gasteiger partial charge >= 0.3 is 0 Å². The number of hydrogen-bond acceptors (Lipinski definition) is 6. The molecule has 7 heteroatoms. The maximum atomic E-state index is 12.3. The van der Waals surface area contributed by atoms with Crippen molar-refractivity contribution in [3.63, 3.8) is 0 Å². The molecule has 2 heterocycles. The second-order valence-corrected chi connectivity index (χ2v) is 6.49. The highest BCUT2D eigenvalue weighted by molar-refractivity contribution is 7.17. The van der Waals surface area contributed by atoms with Crippen LogP contribution in [0.3, 0.4) is 0 Å². The number of amides is 1. The molecule has 3 aromatic rings. The number of nitrogens with one attached hydrogen (secondary N) is 2. The van der Waals surface area contributed by atoms with Gasteiger partial charge in [0.15, 0.2) is 0 Å². The van der Waals surface area contributed by atoms with Gasteiger partial charge in [-0.15, -0.1) is 11.3 Å². The largest absolute Gasteiger partial charge is 0.357 e. The molecule has 0 aliphatic heterocycles. The quantitative estimate of drug-likeness (QED) is 0.633. The van der Waals surface area contributed by atoms with Crippen molar-refractivity contribution in [2.75, 3.05) is 18.9 Å². The standard InChI is InChI=1S/C18H19N5OS/c1-20-18-21-10-9-14(23-18)15-7-8-16(25-15)17(24)22-11-13(19)12-5-3-2-4-6-12/h2-10,13H,11,19H2,1H3,(H,22,24)(H,20,21,23)/t13-/m0/s1. The third-order valence-corrected chi connectivity index (χ3v) is 4.78. The summed E-state index contributed by atoms with van der Waals surface area (Å²) in [6.07, 6.45) is 1.69. The highest BCUT2D eigenvalue weighted by Crippen LogP contribution is 2.27. The summed E-state index contributed by atoms with van der Waals surface area (Å²) in [5.74, 6) is 0.413. The van der Waals surface area contributed by atoms with Crippen LogP contribution in [0.2, 0.25) is 0 Å². The van der Waals surface area contributed by atoms with Crippen molar-refractivity contribution in [2.45, 2.75) is 6.04 Å². The van der Waals surface area contributed by atoms with Crippen LogP contribution in [0.1, 0.15) is 21.3 Å². The van der Waals surface area contributed by atoms with Crippen LogP contribution in [0.5, 0.6) is 0 Å². The maximum absolute atomic E-state index is 12.3. The van der Waals surface area contributed by atoms with Gasteiger partial charge in [-0.25, -0.2) is 9.97 Å². The van der Waals surface area contributed by atoms with E-state index in [1.165, 1.54) is 11.3 Å². The number of nitrogens with two attached hydrogens (primary N) is 1. The molecule has 2 aromatic heterocycles. The monoisotopic (exact) mass is 353 g/mol. The second kappa shape index (κ2) is 7.87. The molecule has 3 rings (SSSR count). The summed E-state index contributed by atoms with van der Waals surface area (Å²) in [6, 6.07) is 15.0. The molecule has 25 heavy (non-hydrogen) atoms. The van der Waals surface area contributed by atoms with Gasteiger partial charge in [-0.05, 0) is 23.8 Å². The van der Waals surface area contributed by atoms with Gasteiger partial charge in [0, 0.05) is 25.8 Å². The lowest BCUT2D eigenvalue weighted by Gasteiger charge is -2.12. The zero-order valence-electron chi connectivity index (χ0n) is 13.8. The molecule has 1 aromatic carbocycles. The molecular weight excluding hydrogens is 334 g/mol. The number of benzene rings is 1. The number of anilines is 1. The minimum atomic E-state index is -0.232. The van der Waals surface area contributed by atoms with E-state index in [2.05, 4.69) is 20.6 Å². The molecule has 0 radical (unpaired) electrons. The minimum absolute atomic E-state index is 0.134. The number of nitrogens with zero attached hydrogens (tertiary/aromatic N) is 2. The van der Waals surface area contributed by atoms with Crippen LogP contribution in [0.25, 0.3) is 10.6 Å². The van der Waals surface area contributed by atoms with Gasteiger partial charge in [-0.1, -0.05) is 30.3 Å². The normalized spacial score (nSPS) is 11.8.